The van der Waals surface area contributed by atoms with Crippen LogP contribution in [0.4, 0.5) is 0 Å². The van der Waals surface area contributed by atoms with Crippen LogP contribution in [-0.2, 0) is 9.53 Å². The molecule has 4 heteroatoms. The van der Waals surface area contributed by atoms with Crippen molar-refractivity contribution in [3.05, 3.63) is 0 Å². The van der Waals surface area contributed by atoms with Gasteiger partial charge in [-0.1, -0.05) is 0 Å². The molecule has 0 heterocycles. The summed E-state index contributed by atoms with van der Waals surface area (Å²) in [6, 6.07) is 0. The molecule has 0 unspecified atom stereocenters. The number of carbonyl (C=O) groups is 1. The van der Waals surface area contributed by atoms with Crippen molar-refractivity contribution in [3.8, 4) is 0 Å². The van der Waals surface area contributed by atoms with Crippen LogP contribution in [0.15, 0.2) is 0 Å². The van der Waals surface area contributed by atoms with Gasteiger partial charge in [0.25, 0.3) is 0 Å². The van der Waals surface area contributed by atoms with Crippen LogP contribution in [0, 0.1) is 0 Å². The number of nitrogens with two attached hydrogens (primary N) is 2. The molecule has 0 spiro atoms. The number of methoxy groups -OCH3 is 1. The Labute approximate surface area is 54.2 Å². The second kappa shape index (κ2) is 4.29. The van der Waals surface area contributed by atoms with Crippen LogP contribution in [-0.4, -0.2) is 19.2 Å². The van der Waals surface area contributed by atoms with Crippen molar-refractivity contribution in [2.24, 2.45) is 11.5 Å². The Bertz CT molecular complexity index is 93.0. The lowest BCUT2D eigenvalue weighted by atomic mass is 10.3. The zero-order valence-corrected chi connectivity index (χ0v) is 5.46. The highest BCUT2D eigenvalue weighted by molar-refractivity contribution is 5.69. The molecule has 54 valence electrons. The van der Waals surface area contributed by atoms with E-state index in [0.29, 0.717) is 12.8 Å². The molecular weight excluding hydrogens is 120 g/mol. The minimum absolute atomic E-state index is 0.268. The Balaban J connectivity index is 3.17. The molecule has 4 nitrogen and oxygen atoms in total. The van der Waals surface area contributed by atoms with Crippen molar-refractivity contribution >= 4 is 5.97 Å². The van der Waals surface area contributed by atoms with Gasteiger partial charge in [-0.2, -0.15) is 0 Å². The lowest BCUT2D eigenvalue weighted by Gasteiger charge is -2.01. The Kier molecular flexibility index (Phi) is 4.00. The van der Waals surface area contributed by atoms with Crippen molar-refractivity contribution in [3.63, 3.8) is 0 Å². The minimum Gasteiger partial charge on any atom is -0.469 e. The van der Waals surface area contributed by atoms with E-state index in [4.69, 9.17) is 11.5 Å². The Morgan fingerprint density at radius 3 is 2.56 bits per heavy atom. The van der Waals surface area contributed by atoms with E-state index < -0.39 is 6.17 Å². The summed E-state index contributed by atoms with van der Waals surface area (Å²) in [5.74, 6) is -0.268. The quantitative estimate of drug-likeness (QED) is 0.388. The molecule has 0 aliphatic carbocycles. The van der Waals surface area contributed by atoms with Gasteiger partial charge in [0.1, 0.15) is 0 Å². The molecule has 0 aromatic carbocycles. The Morgan fingerprint density at radius 1 is 1.67 bits per heavy atom. The standard InChI is InChI=1S/C5H12N2O2/c1-9-5(8)3-2-4(6)7/h4H,2-3,6-7H2,1H3. The van der Waals surface area contributed by atoms with Gasteiger partial charge in [-0.15, -0.1) is 0 Å². The zero-order valence-electron chi connectivity index (χ0n) is 5.46. The third-order valence-corrected chi connectivity index (χ3v) is 0.909. The fourth-order valence-corrected chi connectivity index (χ4v) is 0.387. The first-order valence-electron chi connectivity index (χ1n) is 2.74. The third kappa shape index (κ3) is 5.26. The average Bonchev–Trinajstić information content (AvgIpc) is 1.83. The van der Waals surface area contributed by atoms with Gasteiger partial charge in [0, 0.05) is 6.42 Å². The largest absolute Gasteiger partial charge is 0.469 e. The lowest BCUT2D eigenvalue weighted by molar-refractivity contribution is -0.140. The van der Waals surface area contributed by atoms with Crippen LogP contribution in [0.2, 0.25) is 0 Å². The number of carbonyl (C=O) groups excluding carboxylic acids is 1. The maximum absolute atomic E-state index is 10.4. The van der Waals surface area contributed by atoms with Gasteiger partial charge < -0.3 is 16.2 Å². The van der Waals surface area contributed by atoms with Gasteiger partial charge in [-0.05, 0) is 6.42 Å². The number of ether oxygens (including phenoxy) is 1. The van der Waals surface area contributed by atoms with Gasteiger partial charge in [0.2, 0.25) is 0 Å². The summed E-state index contributed by atoms with van der Waals surface area (Å²) in [5.41, 5.74) is 10.3. The van der Waals surface area contributed by atoms with Crippen molar-refractivity contribution in [1.82, 2.24) is 0 Å². The van der Waals surface area contributed by atoms with E-state index in [0.717, 1.165) is 0 Å². The predicted octanol–water partition coefficient (Wildman–Crippen LogP) is -0.817. The van der Waals surface area contributed by atoms with E-state index in [1.165, 1.54) is 7.11 Å². The van der Waals surface area contributed by atoms with Gasteiger partial charge in [0.15, 0.2) is 0 Å². The molecule has 0 aromatic heterocycles. The summed E-state index contributed by atoms with van der Waals surface area (Å²) in [6.45, 7) is 0. The maximum Gasteiger partial charge on any atom is 0.305 e. The first kappa shape index (κ1) is 8.39. The molecule has 0 saturated heterocycles. The van der Waals surface area contributed by atoms with Crippen LogP contribution < -0.4 is 11.5 Å². The van der Waals surface area contributed by atoms with E-state index in [-0.39, 0.29) is 5.97 Å². The number of hydrogen-bond acceptors (Lipinski definition) is 4. The van der Waals surface area contributed by atoms with Crippen LogP contribution in [0.3, 0.4) is 0 Å². The number of rotatable bonds is 3. The van der Waals surface area contributed by atoms with E-state index in [2.05, 4.69) is 4.74 Å². The van der Waals surface area contributed by atoms with Crippen molar-refractivity contribution in [1.29, 1.82) is 0 Å². The summed E-state index contributed by atoms with van der Waals surface area (Å²) in [6.07, 6.45) is 0.366. The molecule has 0 amide bonds. The van der Waals surface area contributed by atoms with E-state index in [1.807, 2.05) is 0 Å². The van der Waals surface area contributed by atoms with Gasteiger partial charge >= 0.3 is 5.97 Å². The molecule has 4 N–H and O–H groups in total. The molecule has 0 aliphatic heterocycles. The summed E-state index contributed by atoms with van der Waals surface area (Å²) in [5, 5.41) is 0. The highest BCUT2D eigenvalue weighted by atomic mass is 16.5. The molecule has 0 fully saturated rings. The van der Waals surface area contributed by atoms with Crippen molar-refractivity contribution in [2.45, 2.75) is 19.0 Å². The topological polar surface area (TPSA) is 78.3 Å². The highest BCUT2D eigenvalue weighted by Crippen LogP contribution is 1.90. The van der Waals surface area contributed by atoms with E-state index >= 15 is 0 Å². The normalized spacial score (nSPS) is 9.78. The molecule has 0 bridgehead atoms. The van der Waals surface area contributed by atoms with E-state index in [1.54, 1.807) is 0 Å². The summed E-state index contributed by atoms with van der Waals surface area (Å²) in [4.78, 5) is 10.4. The molecule has 0 aromatic rings. The SMILES string of the molecule is COC(=O)CCC(N)N. The first-order chi connectivity index (χ1) is 4.16. The first-order valence-corrected chi connectivity index (χ1v) is 2.74. The second-order valence-corrected chi connectivity index (χ2v) is 1.78. The van der Waals surface area contributed by atoms with Crippen molar-refractivity contribution < 1.29 is 9.53 Å². The van der Waals surface area contributed by atoms with Gasteiger partial charge in [0.05, 0.1) is 13.3 Å². The average molecular weight is 132 g/mol. The Morgan fingerprint density at radius 2 is 2.22 bits per heavy atom. The smallest absolute Gasteiger partial charge is 0.305 e. The van der Waals surface area contributed by atoms with Gasteiger partial charge in [-0.25, -0.2) is 0 Å². The van der Waals surface area contributed by atoms with Crippen LogP contribution in [0.1, 0.15) is 12.8 Å². The van der Waals surface area contributed by atoms with Gasteiger partial charge in [-0.3, -0.25) is 4.79 Å². The summed E-state index contributed by atoms with van der Waals surface area (Å²) >= 11 is 0. The summed E-state index contributed by atoms with van der Waals surface area (Å²) in [7, 11) is 1.34. The number of esters is 1. The monoisotopic (exact) mass is 132 g/mol. The minimum atomic E-state index is -0.413. The zero-order chi connectivity index (χ0) is 7.28. The molecule has 0 atom stereocenters. The molecule has 0 aliphatic rings. The second-order valence-electron chi connectivity index (χ2n) is 1.78. The predicted molar refractivity (Wildman–Crippen MR) is 33.4 cm³/mol. The maximum atomic E-state index is 10.4. The number of hydrogen-bond donors (Lipinski definition) is 2. The summed E-state index contributed by atoms with van der Waals surface area (Å²) < 4.78 is 4.35. The Hall–Kier alpha value is -0.610. The fourth-order valence-electron chi connectivity index (χ4n) is 0.387. The fraction of sp³-hybridized carbons (Fsp3) is 0.800. The molecule has 0 radical (unpaired) electrons. The molecular formula is C5H12N2O2. The van der Waals surface area contributed by atoms with Crippen LogP contribution in [0.5, 0.6) is 0 Å². The highest BCUT2D eigenvalue weighted by Gasteiger charge is 2.01. The molecule has 9 heavy (non-hydrogen) atoms. The van der Waals surface area contributed by atoms with Crippen molar-refractivity contribution in [2.75, 3.05) is 7.11 Å². The van der Waals surface area contributed by atoms with Crippen LogP contribution in [0.25, 0.3) is 0 Å². The van der Waals surface area contributed by atoms with Crippen LogP contribution >= 0.6 is 0 Å². The third-order valence-electron chi connectivity index (χ3n) is 0.909. The lowest BCUT2D eigenvalue weighted by Crippen LogP contribution is -2.30. The molecule has 0 saturated carbocycles. The van der Waals surface area contributed by atoms with E-state index in [9.17, 15) is 4.79 Å². The molecule has 0 rings (SSSR count).